The van der Waals surface area contributed by atoms with E-state index in [4.69, 9.17) is 37.7 Å². The second kappa shape index (κ2) is 22.9. The zero-order valence-electron chi connectivity index (χ0n) is 37.4. The molecule has 0 radical (unpaired) electrons. The lowest BCUT2D eigenvalue weighted by Gasteiger charge is -2.39. The van der Waals surface area contributed by atoms with Gasteiger partial charge in [0.05, 0.1) is 52.6 Å². The fourth-order valence-corrected chi connectivity index (χ4v) is 9.18. The number of benzene rings is 3. The first-order valence-corrected chi connectivity index (χ1v) is 21.8. The van der Waals surface area contributed by atoms with Gasteiger partial charge in [0.15, 0.2) is 6.23 Å². The summed E-state index contributed by atoms with van der Waals surface area (Å²) in [6, 6.07) is 27.9. The number of nitrogens with zero attached hydrogens (tertiary/aromatic N) is 7. The molecule has 0 saturated carbocycles. The van der Waals surface area contributed by atoms with Crippen molar-refractivity contribution in [3.05, 3.63) is 95.6 Å². The molecule has 3 aromatic carbocycles. The molecule has 17 heteroatoms. The number of guanidine groups is 1. The molecule has 62 heavy (non-hydrogen) atoms. The number of hydrogen-bond acceptors (Lipinski definition) is 14. The first-order chi connectivity index (χ1) is 29.9. The standard InChI is InChI=1S/C45H61N8O8P/c1-31(2)53(32(3)4)62(59-26-14-25-46)61-41-39(60-43(42(41)57-10)52-29-47-27-40(54)50-44(49-33(52)5)48-30-51(6)7)28-58-45(34-15-12-11-13-16-34,35-17-21-37(55-8)22-18-35)36-19-23-38(56-9)24-20-36/h11-13,15-24,29-33,39,41-43H,14,26-28H2,1-10H3,(H,49,50,54)/b47-29-,48-30+/t33?,39-,41?,42+,43-,62?/m1/s1. The van der Waals surface area contributed by atoms with Crippen LogP contribution in [-0.2, 0) is 33.7 Å². The number of nitrogens with one attached hydrogen (secondary N) is 1. The van der Waals surface area contributed by atoms with Crippen molar-refractivity contribution >= 4 is 33.1 Å². The predicted octanol–water partition coefficient (Wildman–Crippen LogP) is 6.17. The second-order valence-corrected chi connectivity index (χ2v) is 16.8. The highest BCUT2D eigenvalue weighted by atomic mass is 31.2. The molecule has 1 saturated heterocycles. The monoisotopic (exact) mass is 872 g/mol. The minimum absolute atomic E-state index is 0.000241. The number of amides is 1. The SMILES string of the molecule is COc1ccc(C(OC[C@H]2O[C@@H](N3/C=N\CC(=O)NC(/N=C/N(C)C)=N\C3C)[C@@H](OC)C2OP(OCCC#N)N(C(C)C)C(C)C)(c2ccccc2)c2ccc(OC)cc2)cc1. The minimum Gasteiger partial charge on any atom is -0.497 e. The predicted molar refractivity (Wildman–Crippen MR) is 240 cm³/mol. The fraction of sp³-hybridized carbons (Fsp3) is 0.489. The van der Waals surface area contributed by atoms with E-state index in [0.29, 0.717) is 11.5 Å². The Morgan fingerprint density at radius 2 is 1.55 bits per heavy atom. The summed E-state index contributed by atoms with van der Waals surface area (Å²) in [4.78, 5) is 30.1. The van der Waals surface area contributed by atoms with Gasteiger partial charge in [-0.05, 0) is 75.6 Å². The Kier molecular flexibility index (Phi) is 17.8. The molecule has 0 aliphatic carbocycles. The molecule has 1 amide bonds. The third-order valence-corrected chi connectivity index (χ3v) is 12.3. The van der Waals surface area contributed by atoms with E-state index in [1.54, 1.807) is 43.8 Å². The van der Waals surface area contributed by atoms with Crippen LogP contribution >= 0.6 is 8.53 Å². The van der Waals surface area contributed by atoms with Gasteiger partial charge in [-0.1, -0.05) is 54.6 Å². The molecule has 0 bridgehead atoms. The summed E-state index contributed by atoms with van der Waals surface area (Å²) in [7, 11) is 6.75. The van der Waals surface area contributed by atoms with E-state index in [2.05, 4.69) is 53.7 Å². The highest BCUT2D eigenvalue weighted by Gasteiger charge is 2.52. The van der Waals surface area contributed by atoms with E-state index in [1.165, 1.54) is 0 Å². The highest BCUT2D eigenvalue weighted by Crippen LogP contribution is 2.50. The van der Waals surface area contributed by atoms with Crippen LogP contribution < -0.4 is 14.8 Å². The van der Waals surface area contributed by atoms with E-state index < -0.39 is 44.8 Å². The lowest BCUT2D eigenvalue weighted by atomic mass is 9.80. The molecule has 0 aromatic heterocycles. The Balaban J connectivity index is 1.66. The number of rotatable bonds is 19. The lowest BCUT2D eigenvalue weighted by molar-refractivity contribution is -0.118. The maximum absolute atomic E-state index is 12.9. The van der Waals surface area contributed by atoms with E-state index in [0.717, 1.165) is 16.7 Å². The molecule has 5 rings (SSSR count). The van der Waals surface area contributed by atoms with Crippen LogP contribution in [0.5, 0.6) is 11.5 Å². The van der Waals surface area contributed by atoms with Crippen LogP contribution in [0.4, 0.5) is 0 Å². The van der Waals surface area contributed by atoms with Crippen LogP contribution in [-0.4, -0.2) is 137 Å². The van der Waals surface area contributed by atoms with Crippen molar-refractivity contribution in [3.8, 4) is 17.6 Å². The van der Waals surface area contributed by atoms with Gasteiger partial charge in [0.2, 0.25) is 11.9 Å². The van der Waals surface area contributed by atoms with Gasteiger partial charge in [0, 0.05) is 33.3 Å². The van der Waals surface area contributed by atoms with E-state index >= 15 is 0 Å². The number of carbonyl (C=O) groups excluding carboxylic acids is 1. The van der Waals surface area contributed by atoms with E-state index in [9.17, 15) is 10.1 Å². The van der Waals surface area contributed by atoms with Crippen molar-refractivity contribution in [2.24, 2.45) is 15.0 Å². The topological polar surface area (TPSA) is 164 Å². The van der Waals surface area contributed by atoms with Crippen LogP contribution in [0.25, 0.3) is 0 Å². The number of methoxy groups -OCH3 is 3. The van der Waals surface area contributed by atoms with Gasteiger partial charge in [0.1, 0.15) is 48.1 Å². The summed E-state index contributed by atoms with van der Waals surface area (Å²) in [6.07, 6.45) is -0.510. The number of aliphatic imine (C=N–C) groups is 3. The summed E-state index contributed by atoms with van der Waals surface area (Å²) in [5.74, 6) is 1.15. The molecule has 1 fully saturated rings. The zero-order chi connectivity index (χ0) is 44.8. The van der Waals surface area contributed by atoms with Crippen LogP contribution in [0.1, 0.15) is 57.7 Å². The third-order valence-electron chi connectivity index (χ3n) is 10.2. The molecule has 2 aliphatic rings. The number of hydrogen-bond donors (Lipinski definition) is 1. The fourth-order valence-electron chi connectivity index (χ4n) is 7.41. The van der Waals surface area contributed by atoms with Gasteiger partial charge >= 0.3 is 0 Å². The summed E-state index contributed by atoms with van der Waals surface area (Å²) in [5.41, 5.74) is 1.39. The quantitative estimate of drug-likeness (QED) is 0.0480. The van der Waals surface area contributed by atoms with E-state index in [1.807, 2.05) is 99.9 Å². The Labute approximate surface area is 367 Å². The maximum atomic E-state index is 12.9. The molecule has 2 aliphatic heterocycles. The van der Waals surface area contributed by atoms with Gasteiger partial charge in [0.25, 0.3) is 8.53 Å². The van der Waals surface area contributed by atoms with Crippen LogP contribution in [0.2, 0.25) is 0 Å². The second-order valence-electron chi connectivity index (χ2n) is 15.4. The molecule has 3 unspecified atom stereocenters. The van der Waals surface area contributed by atoms with Crippen molar-refractivity contribution in [2.75, 3.05) is 55.2 Å². The summed E-state index contributed by atoms with van der Waals surface area (Å²) in [6.45, 7) is 10.2. The van der Waals surface area contributed by atoms with Gasteiger partial charge in [-0.15, -0.1) is 0 Å². The molecule has 1 N–H and O–H groups in total. The van der Waals surface area contributed by atoms with Crippen LogP contribution in [0, 0.1) is 11.3 Å². The average Bonchev–Trinajstić information content (AvgIpc) is 3.63. The van der Waals surface area contributed by atoms with Gasteiger partial charge < -0.3 is 42.5 Å². The Bertz CT molecular complexity index is 1940. The smallest absolute Gasteiger partial charge is 0.259 e. The Hall–Kier alpha value is -4.98. The molecule has 2 heterocycles. The van der Waals surface area contributed by atoms with Crippen LogP contribution in [0.3, 0.4) is 0 Å². The van der Waals surface area contributed by atoms with Crippen molar-refractivity contribution in [3.63, 3.8) is 0 Å². The van der Waals surface area contributed by atoms with Crippen molar-refractivity contribution in [2.45, 2.75) is 89.4 Å². The first kappa shape index (κ1) is 48.1. The highest BCUT2D eigenvalue weighted by molar-refractivity contribution is 7.44. The Morgan fingerprint density at radius 3 is 2.08 bits per heavy atom. The van der Waals surface area contributed by atoms with Gasteiger partial charge in [-0.25, -0.2) is 14.7 Å². The summed E-state index contributed by atoms with van der Waals surface area (Å²) >= 11 is 0. The van der Waals surface area contributed by atoms with E-state index in [-0.39, 0.29) is 50.1 Å². The molecule has 6 atom stereocenters. The normalized spacial score (nSPS) is 22.7. The van der Waals surface area contributed by atoms with Crippen LogP contribution in [0.15, 0.2) is 93.8 Å². The minimum atomic E-state index is -1.77. The molecular weight excluding hydrogens is 812 g/mol. The Morgan fingerprint density at radius 1 is 0.952 bits per heavy atom. The average molecular weight is 873 g/mol. The largest absolute Gasteiger partial charge is 0.497 e. The lowest BCUT2D eigenvalue weighted by Crippen LogP contribution is -2.49. The third kappa shape index (κ3) is 11.7. The van der Waals surface area contributed by atoms with Gasteiger partial charge in [-0.2, -0.15) is 5.26 Å². The van der Waals surface area contributed by atoms with Gasteiger partial charge in [-0.3, -0.25) is 15.1 Å². The number of nitriles is 1. The first-order valence-electron chi connectivity index (χ1n) is 20.6. The molecule has 0 spiro atoms. The molecular formula is C45H61N8O8P. The van der Waals surface area contributed by atoms with Crippen molar-refractivity contribution in [1.29, 1.82) is 5.26 Å². The molecule has 334 valence electrons. The number of carbonyl (C=O) groups is 1. The van der Waals surface area contributed by atoms with Crippen molar-refractivity contribution < 1.29 is 37.5 Å². The van der Waals surface area contributed by atoms with Crippen molar-refractivity contribution in [1.82, 2.24) is 19.8 Å². The maximum Gasteiger partial charge on any atom is 0.259 e. The summed E-state index contributed by atoms with van der Waals surface area (Å²) in [5, 5.41) is 12.2. The zero-order valence-corrected chi connectivity index (χ0v) is 38.3. The summed E-state index contributed by atoms with van der Waals surface area (Å²) < 4.78 is 47.7. The molecule has 3 aromatic rings. The number of ether oxygens (including phenoxy) is 5. The molecule has 16 nitrogen and oxygen atoms in total.